The monoisotopic (exact) mass is 389 g/mol. The fourth-order valence-corrected chi connectivity index (χ4v) is 3.99. The van der Waals surface area contributed by atoms with Crippen LogP contribution in [0.4, 0.5) is 4.39 Å². The van der Waals surface area contributed by atoms with Crippen LogP contribution < -0.4 is 5.32 Å². The number of imidazole rings is 1. The molecule has 0 spiro atoms. The highest BCUT2D eigenvalue weighted by Gasteiger charge is 2.16. The van der Waals surface area contributed by atoms with Gasteiger partial charge in [0.25, 0.3) is 0 Å². The van der Waals surface area contributed by atoms with Crippen molar-refractivity contribution in [2.45, 2.75) is 32.2 Å². The zero-order valence-electron chi connectivity index (χ0n) is 15.8. The molecule has 1 N–H and O–H groups in total. The van der Waals surface area contributed by atoms with Gasteiger partial charge < -0.3 is 14.3 Å². The maximum atomic E-state index is 14.4. The first-order valence-corrected chi connectivity index (χ1v) is 9.73. The van der Waals surface area contributed by atoms with Crippen LogP contribution in [0.3, 0.4) is 0 Å². The van der Waals surface area contributed by atoms with Crippen molar-refractivity contribution >= 4 is 16.9 Å². The van der Waals surface area contributed by atoms with Crippen LogP contribution in [-0.4, -0.2) is 15.5 Å². The largest absolute Gasteiger partial charge is 0.464 e. The van der Waals surface area contributed by atoms with Crippen molar-refractivity contribution in [2.75, 3.05) is 0 Å². The van der Waals surface area contributed by atoms with Crippen LogP contribution in [0.25, 0.3) is 16.7 Å². The number of aromatic nitrogens is 2. The second kappa shape index (κ2) is 7.20. The van der Waals surface area contributed by atoms with Gasteiger partial charge in [-0.2, -0.15) is 0 Å². The van der Waals surface area contributed by atoms with Gasteiger partial charge in [-0.1, -0.05) is 6.07 Å². The molecule has 6 heteroatoms. The van der Waals surface area contributed by atoms with Crippen LogP contribution in [0.15, 0.2) is 59.7 Å². The van der Waals surface area contributed by atoms with E-state index in [0.717, 1.165) is 29.4 Å². The molecule has 0 atom stereocenters. The number of amides is 1. The van der Waals surface area contributed by atoms with Gasteiger partial charge in [0.2, 0.25) is 5.91 Å². The number of hydrogen-bond donors (Lipinski definition) is 1. The van der Waals surface area contributed by atoms with Crippen molar-refractivity contribution in [1.82, 2.24) is 14.9 Å². The Morgan fingerprint density at radius 3 is 2.86 bits per heavy atom. The topological polar surface area (TPSA) is 60.1 Å². The summed E-state index contributed by atoms with van der Waals surface area (Å²) in [5.41, 5.74) is 5.56. The number of nitrogens with zero attached hydrogens (tertiary/aromatic N) is 2. The molecular formula is C23H20FN3O2. The third-order valence-electron chi connectivity index (χ3n) is 5.50. The van der Waals surface area contributed by atoms with Crippen LogP contribution in [0.2, 0.25) is 0 Å². The second-order valence-electron chi connectivity index (χ2n) is 7.44. The molecule has 146 valence electrons. The smallest absolute Gasteiger partial charge is 0.224 e. The van der Waals surface area contributed by atoms with Crippen molar-refractivity contribution < 1.29 is 13.6 Å². The molecule has 1 amide bonds. The molecule has 2 heterocycles. The molecule has 29 heavy (non-hydrogen) atoms. The van der Waals surface area contributed by atoms with E-state index in [2.05, 4.69) is 22.4 Å². The van der Waals surface area contributed by atoms with Crippen LogP contribution in [0, 0.1) is 5.82 Å². The number of furan rings is 1. The lowest BCUT2D eigenvalue weighted by molar-refractivity contribution is -0.120. The summed E-state index contributed by atoms with van der Waals surface area (Å²) in [5.74, 6) is -0.475. The minimum Gasteiger partial charge on any atom is -0.464 e. The van der Waals surface area contributed by atoms with Crippen LogP contribution in [0.1, 0.15) is 28.7 Å². The number of aryl methyl sites for hydroxylation is 2. The lowest BCUT2D eigenvalue weighted by Crippen LogP contribution is -2.24. The van der Waals surface area contributed by atoms with Crippen LogP contribution in [-0.2, 0) is 30.6 Å². The SMILES string of the molecule is O=C(Cc1coc2cc3c(cc12)CCC3)NCc1ccc(-n2ccnc2)c(F)c1. The number of carbonyl (C=O) groups is 1. The number of carbonyl (C=O) groups excluding carboxylic acids is 1. The Hall–Kier alpha value is -3.41. The maximum Gasteiger partial charge on any atom is 0.224 e. The number of halogens is 1. The fourth-order valence-electron chi connectivity index (χ4n) is 3.99. The van der Waals surface area contributed by atoms with E-state index in [9.17, 15) is 9.18 Å². The third-order valence-corrected chi connectivity index (χ3v) is 5.50. The second-order valence-corrected chi connectivity index (χ2v) is 7.44. The number of rotatable bonds is 5. The Bertz CT molecular complexity index is 1190. The zero-order chi connectivity index (χ0) is 19.8. The number of hydrogen-bond acceptors (Lipinski definition) is 3. The molecule has 0 unspecified atom stereocenters. The van der Waals surface area contributed by atoms with Gasteiger partial charge in [-0.25, -0.2) is 9.37 Å². The predicted molar refractivity (Wildman–Crippen MR) is 107 cm³/mol. The molecule has 5 rings (SSSR count). The summed E-state index contributed by atoms with van der Waals surface area (Å²) in [6.45, 7) is 0.269. The molecule has 2 aromatic carbocycles. The predicted octanol–water partition coefficient (Wildman–Crippen LogP) is 4.11. The molecule has 0 bridgehead atoms. The average Bonchev–Trinajstić information content (AvgIpc) is 3.46. The van der Waals surface area contributed by atoms with Crippen LogP contribution >= 0.6 is 0 Å². The van der Waals surface area contributed by atoms with Gasteiger partial charge in [-0.3, -0.25) is 4.79 Å². The first-order chi connectivity index (χ1) is 14.2. The summed E-state index contributed by atoms with van der Waals surface area (Å²) in [7, 11) is 0. The van der Waals surface area contributed by atoms with E-state index in [0.29, 0.717) is 11.3 Å². The minimum absolute atomic E-state index is 0.118. The minimum atomic E-state index is -0.357. The number of fused-ring (bicyclic) bond motifs is 2. The summed E-state index contributed by atoms with van der Waals surface area (Å²) < 4.78 is 21.6. The van der Waals surface area contributed by atoms with Crippen LogP contribution in [0.5, 0.6) is 0 Å². The first kappa shape index (κ1) is 17.7. The quantitative estimate of drug-likeness (QED) is 0.559. The lowest BCUT2D eigenvalue weighted by atomic mass is 10.0. The zero-order valence-corrected chi connectivity index (χ0v) is 15.8. The van der Waals surface area contributed by atoms with Crippen molar-refractivity contribution in [3.05, 3.63) is 83.4 Å². The van der Waals surface area contributed by atoms with E-state index in [4.69, 9.17) is 4.42 Å². The van der Waals surface area contributed by atoms with Gasteiger partial charge >= 0.3 is 0 Å². The molecule has 0 radical (unpaired) electrons. The standard InChI is InChI=1S/C23H20FN3O2/c24-20-8-15(4-5-21(20)27-7-6-25-14-27)12-26-23(28)11-18-13-29-22-10-17-3-1-2-16(17)9-19(18)22/h4-10,13-14H,1-3,11-12H2,(H,26,28). The summed E-state index contributed by atoms with van der Waals surface area (Å²) in [4.78, 5) is 16.4. The van der Waals surface area contributed by atoms with E-state index in [1.54, 1.807) is 41.7 Å². The molecule has 0 saturated heterocycles. The van der Waals surface area contributed by atoms with Gasteiger partial charge in [0, 0.05) is 29.9 Å². The van der Waals surface area contributed by atoms with E-state index in [-0.39, 0.29) is 24.7 Å². The van der Waals surface area contributed by atoms with Crippen molar-refractivity contribution in [3.8, 4) is 5.69 Å². The van der Waals surface area contributed by atoms with Crippen molar-refractivity contribution in [1.29, 1.82) is 0 Å². The summed E-state index contributed by atoms with van der Waals surface area (Å²) >= 11 is 0. The summed E-state index contributed by atoms with van der Waals surface area (Å²) in [6, 6.07) is 9.18. The highest BCUT2D eigenvalue weighted by atomic mass is 19.1. The Morgan fingerprint density at radius 1 is 1.21 bits per heavy atom. The first-order valence-electron chi connectivity index (χ1n) is 9.73. The van der Waals surface area contributed by atoms with Crippen molar-refractivity contribution in [2.24, 2.45) is 0 Å². The van der Waals surface area contributed by atoms with Gasteiger partial charge in [0.05, 0.1) is 24.7 Å². The molecule has 4 aromatic rings. The van der Waals surface area contributed by atoms with Gasteiger partial charge in [0.15, 0.2) is 0 Å². The van der Waals surface area contributed by atoms with E-state index in [1.165, 1.54) is 23.6 Å². The molecule has 1 aliphatic carbocycles. The molecule has 0 fully saturated rings. The third kappa shape index (κ3) is 3.42. The maximum absolute atomic E-state index is 14.4. The van der Waals surface area contributed by atoms with Gasteiger partial charge in [0.1, 0.15) is 11.4 Å². The van der Waals surface area contributed by atoms with Crippen molar-refractivity contribution in [3.63, 3.8) is 0 Å². The molecule has 5 nitrogen and oxygen atoms in total. The number of nitrogens with one attached hydrogen (secondary N) is 1. The average molecular weight is 389 g/mol. The molecular weight excluding hydrogens is 369 g/mol. The fraction of sp³-hybridized carbons (Fsp3) is 0.217. The lowest BCUT2D eigenvalue weighted by Gasteiger charge is -2.08. The molecule has 0 aliphatic heterocycles. The molecule has 2 aromatic heterocycles. The van der Waals surface area contributed by atoms with Gasteiger partial charge in [-0.15, -0.1) is 0 Å². The Morgan fingerprint density at radius 2 is 2.07 bits per heavy atom. The van der Waals surface area contributed by atoms with E-state index >= 15 is 0 Å². The molecule has 1 aliphatic rings. The van der Waals surface area contributed by atoms with E-state index in [1.807, 2.05) is 0 Å². The van der Waals surface area contributed by atoms with Gasteiger partial charge in [-0.05, 0) is 60.2 Å². The molecule has 0 saturated carbocycles. The Balaban J connectivity index is 1.26. The highest BCUT2D eigenvalue weighted by Crippen LogP contribution is 2.30. The summed E-state index contributed by atoms with van der Waals surface area (Å²) in [6.07, 6.45) is 10.1. The summed E-state index contributed by atoms with van der Waals surface area (Å²) in [5, 5.41) is 3.88. The normalized spacial score (nSPS) is 13.0. The highest BCUT2D eigenvalue weighted by molar-refractivity contribution is 5.88. The Kier molecular flexibility index (Phi) is 4.39. The van der Waals surface area contributed by atoms with E-state index < -0.39 is 0 Å². The Labute approximate surface area is 167 Å². The number of benzene rings is 2.